The monoisotopic (exact) mass is 185 g/mol. The van der Waals surface area contributed by atoms with Crippen LogP contribution in [-0.4, -0.2) is 36.7 Å². The summed E-state index contributed by atoms with van der Waals surface area (Å²) in [6.45, 7) is 13.4. The van der Waals surface area contributed by atoms with E-state index in [9.17, 15) is 0 Å². The van der Waals surface area contributed by atoms with Gasteiger partial charge in [-0.15, -0.1) is 0 Å². The lowest BCUT2D eigenvalue weighted by atomic mass is 9.88. The molecule has 0 saturated carbocycles. The first-order valence-electron chi connectivity index (χ1n) is 5.38. The molecule has 0 atom stereocenters. The summed E-state index contributed by atoms with van der Waals surface area (Å²) in [5, 5.41) is 0. The fraction of sp³-hybridized carbons (Fsp3) is 1.00. The number of hydrogen-bond acceptors (Lipinski definition) is 2. The van der Waals surface area contributed by atoms with E-state index in [0.717, 1.165) is 19.8 Å². The molecule has 0 N–H and O–H groups in total. The molecule has 2 heteroatoms. The van der Waals surface area contributed by atoms with E-state index < -0.39 is 0 Å². The van der Waals surface area contributed by atoms with Crippen LogP contribution < -0.4 is 0 Å². The predicted molar refractivity (Wildman–Crippen MR) is 55.9 cm³/mol. The van der Waals surface area contributed by atoms with Crippen LogP contribution in [0.5, 0.6) is 0 Å². The molecule has 13 heavy (non-hydrogen) atoms. The van der Waals surface area contributed by atoms with Gasteiger partial charge >= 0.3 is 0 Å². The molecule has 0 aromatic heterocycles. The Kier molecular flexibility index (Phi) is 3.74. The zero-order chi connectivity index (χ0) is 9.90. The van der Waals surface area contributed by atoms with E-state index in [-0.39, 0.29) is 0 Å². The van der Waals surface area contributed by atoms with Crippen molar-refractivity contribution in [2.45, 2.75) is 39.7 Å². The van der Waals surface area contributed by atoms with Crippen LogP contribution in [0.2, 0.25) is 0 Å². The maximum absolute atomic E-state index is 5.46. The summed E-state index contributed by atoms with van der Waals surface area (Å²) in [4.78, 5) is 2.56. The molecule has 1 saturated heterocycles. The largest absolute Gasteiger partial charge is 0.380 e. The van der Waals surface area contributed by atoms with Crippen LogP contribution in [0.1, 0.15) is 34.1 Å². The van der Waals surface area contributed by atoms with Crippen molar-refractivity contribution in [1.29, 1.82) is 0 Å². The van der Waals surface area contributed by atoms with Gasteiger partial charge in [0.25, 0.3) is 0 Å². The lowest BCUT2D eigenvalue weighted by Crippen LogP contribution is -2.48. The van der Waals surface area contributed by atoms with Crippen LogP contribution in [-0.2, 0) is 4.74 Å². The fourth-order valence-corrected chi connectivity index (χ4v) is 1.69. The Balaban J connectivity index is 2.57. The number of rotatable bonds is 2. The van der Waals surface area contributed by atoms with Gasteiger partial charge in [0.05, 0.1) is 6.61 Å². The molecule has 0 aliphatic carbocycles. The Morgan fingerprint density at radius 1 is 1.15 bits per heavy atom. The van der Waals surface area contributed by atoms with Gasteiger partial charge in [-0.3, -0.25) is 4.90 Å². The first kappa shape index (κ1) is 11.0. The molecule has 78 valence electrons. The highest BCUT2D eigenvalue weighted by Crippen LogP contribution is 2.24. The van der Waals surface area contributed by atoms with Gasteiger partial charge in [-0.05, 0) is 26.2 Å². The SMILES string of the molecule is CC(C)C(C)(C)N1CCCOCC1. The van der Waals surface area contributed by atoms with Crippen LogP contribution in [0.4, 0.5) is 0 Å². The molecule has 0 bridgehead atoms. The molecule has 0 aromatic rings. The van der Waals surface area contributed by atoms with E-state index >= 15 is 0 Å². The summed E-state index contributed by atoms with van der Waals surface area (Å²) >= 11 is 0. The smallest absolute Gasteiger partial charge is 0.0593 e. The fourth-order valence-electron chi connectivity index (χ4n) is 1.69. The lowest BCUT2D eigenvalue weighted by molar-refractivity contribution is 0.0687. The minimum atomic E-state index is 0.313. The average molecular weight is 185 g/mol. The van der Waals surface area contributed by atoms with Gasteiger partial charge in [-0.2, -0.15) is 0 Å². The number of ether oxygens (including phenoxy) is 1. The molecule has 1 rings (SSSR count). The zero-order valence-corrected chi connectivity index (χ0v) is 9.47. The molecule has 0 aromatic carbocycles. The lowest BCUT2D eigenvalue weighted by Gasteiger charge is -2.41. The number of hydrogen-bond donors (Lipinski definition) is 0. The van der Waals surface area contributed by atoms with Crippen molar-refractivity contribution in [3.8, 4) is 0 Å². The van der Waals surface area contributed by atoms with Gasteiger partial charge in [0.15, 0.2) is 0 Å². The van der Waals surface area contributed by atoms with Crippen LogP contribution in [0.15, 0.2) is 0 Å². The maximum Gasteiger partial charge on any atom is 0.0593 e. The molecule has 1 fully saturated rings. The van der Waals surface area contributed by atoms with Gasteiger partial charge in [-0.25, -0.2) is 0 Å². The normalized spacial score (nSPS) is 21.9. The van der Waals surface area contributed by atoms with Crippen molar-refractivity contribution in [1.82, 2.24) is 4.90 Å². The summed E-state index contributed by atoms with van der Waals surface area (Å²) in [6.07, 6.45) is 1.18. The highest BCUT2D eigenvalue weighted by atomic mass is 16.5. The quantitative estimate of drug-likeness (QED) is 0.653. The van der Waals surface area contributed by atoms with Crippen molar-refractivity contribution in [3.05, 3.63) is 0 Å². The van der Waals surface area contributed by atoms with Crippen molar-refractivity contribution in [2.24, 2.45) is 5.92 Å². The van der Waals surface area contributed by atoms with Crippen LogP contribution in [0.3, 0.4) is 0 Å². The predicted octanol–water partition coefficient (Wildman–Crippen LogP) is 2.14. The molecule has 0 amide bonds. The Labute approximate surface area is 82.3 Å². The maximum atomic E-state index is 5.46. The van der Waals surface area contributed by atoms with Crippen molar-refractivity contribution in [2.75, 3.05) is 26.3 Å². The van der Waals surface area contributed by atoms with E-state index in [0.29, 0.717) is 11.5 Å². The Morgan fingerprint density at radius 2 is 1.85 bits per heavy atom. The van der Waals surface area contributed by atoms with Gasteiger partial charge in [-0.1, -0.05) is 13.8 Å². The molecule has 2 nitrogen and oxygen atoms in total. The molecular weight excluding hydrogens is 162 g/mol. The van der Waals surface area contributed by atoms with E-state index in [1.54, 1.807) is 0 Å². The first-order chi connectivity index (χ1) is 6.05. The topological polar surface area (TPSA) is 12.5 Å². The Bertz CT molecular complexity index is 146. The summed E-state index contributed by atoms with van der Waals surface area (Å²) < 4.78 is 5.46. The second-order valence-electron chi connectivity index (χ2n) is 4.76. The van der Waals surface area contributed by atoms with Gasteiger partial charge in [0.1, 0.15) is 0 Å². The highest BCUT2D eigenvalue weighted by molar-refractivity contribution is 4.85. The van der Waals surface area contributed by atoms with Crippen molar-refractivity contribution < 1.29 is 4.74 Å². The van der Waals surface area contributed by atoms with Crippen LogP contribution in [0, 0.1) is 5.92 Å². The third kappa shape index (κ3) is 2.68. The molecule has 1 aliphatic heterocycles. The summed E-state index contributed by atoms with van der Waals surface area (Å²) in [5.74, 6) is 0.700. The summed E-state index contributed by atoms with van der Waals surface area (Å²) in [5.41, 5.74) is 0.313. The molecular formula is C11H23NO. The zero-order valence-electron chi connectivity index (χ0n) is 9.47. The molecule has 0 spiro atoms. The average Bonchev–Trinajstić information content (AvgIpc) is 2.31. The van der Waals surface area contributed by atoms with E-state index in [1.165, 1.54) is 13.0 Å². The number of nitrogens with zero attached hydrogens (tertiary/aromatic N) is 1. The van der Waals surface area contributed by atoms with E-state index in [2.05, 4.69) is 32.6 Å². The molecule has 0 unspecified atom stereocenters. The summed E-state index contributed by atoms with van der Waals surface area (Å²) in [6, 6.07) is 0. The molecule has 0 radical (unpaired) electrons. The van der Waals surface area contributed by atoms with Crippen molar-refractivity contribution in [3.63, 3.8) is 0 Å². The van der Waals surface area contributed by atoms with E-state index in [1.807, 2.05) is 0 Å². The minimum absolute atomic E-state index is 0.313. The summed E-state index contributed by atoms with van der Waals surface area (Å²) in [7, 11) is 0. The molecule has 1 heterocycles. The Morgan fingerprint density at radius 3 is 2.46 bits per heavy atom. The molecule has 1 aliphatic rings. The standard InChI is InChI=1S/C11H23NO/c1-10(2)11(3,4)12-6-5-8-13-9-7-12/h10H,5-9H2,1-4H3. The van der Waals surface area contributed by atoms with Gasteiger partial charge < -0.3 is 4.74 Å². The first-order valence-corrected chi connectivity index (χ1v) is 5.38. The van der Waals surface area contributed by atoms with Crippen LogP contribution >= 0.6 is 0 Å². The third-order valence-electron chi connectivity index (χ3n) is 3.45. The van der Waals surface area contributed by atoms with Crippen LogP contribution in [0.25, 0.3) is 0 Å². The third-order valence-corrected chi connectivity index (χ3v) is 3.45. The van der Waals surface area contributed by atoms with Crippen molar-refractivity contribution >= 4 is 0 Å². The Hall–Kier alpha value is -0.0800. The van der Waals surface area contributed by atoms with Gasteiger partial charge in [0.2, 0.25) is 0 Å². The van der Waals surface area contributed by atoms with E-state index in [4.69, 9.17) is 4.74 Å². The second-order valence-corrected chi connectivity index (χ2v) is 4.76. The highest BCUT2D eigenvalue weighted by Gasteiger charge is 2.30. The van der Waals surface area contributed by atoms with Gasteiger partial charge in [0, 0.05) is 25.2 Å². The second kappa shape index (κ2) is 4.43. The minimum Gasteiger partial charge on any atom is -0.380 e.